The molecule has 1 aromatic rings. The summed E-state index contributed by atoms with van der Waals surface area (Å²) in [4.78, 5) is 0. The Morgan fingerprint density at radius 3 is 2.35 bits per heavy atom. The highest BCUT2D eigenvalue weighted by Crippen LogP contribution is 2.36. The van der Waals surface area contributed by atoms with Crippen LogP contribution in [0.2, 0.25) is 0 Å². The third kappa shape index (κ3) is 4.36. The summed E-state index contributed by atoms with van der Waals surface area (Å²) < 4.78 is 46.9. The second-order valence-electron chi connectivity index (χ2n) is 4.72. The molecule has 0 aliphatic rings. The Kier molecular flexibility index (Phi) is 5.38. The molecule has 0 fully saturated rings. The average molecular weight is 292 g/mol. The number of alkyl halides is 3. The Bertz CT molecular complexity index is 436. The SMILES string of the molecule is CCOC(C)(C)C(NN)c1ccccc1OC(F)(F)F. The van der Waals surface area contributed by atoms with Gasteiger partial charge >= 0.3 is 6.36 Å². The molecule has 0 aromatic heterocycles. The highest BCUT2D eigenvalue weighted by atomic mass is 19.4. The summed E-state index contributed by atoms with van der Waals surface area (Å²) in [6, 6.07) is 5.19. The zero-order valence-corrected chi connectivity index (χ0v) is 11.6. The third-order valence-corrected chi connectivity index (χ3v) is 2.83. The molecule has 0 saturated heterocycles. The standard InChI is InChI=1S/C13H19F3N2O2/c1-4-19-12(2,3)11(18-17)9-7-5-6-8-10(9)20-13(14,15)16/h5-8,11,18H,4,17H2,1-3H3. The van der Waals surface area contributed by atoms with E-state index < -0.39 is 18.0 Å². The van der Waals surface area contributed by atoms with Gasteiger partial charge in [0.15, 0.2) is 0 Å². The lowest BCUT2D eigenvalue weighted by Gasteiger charge is -2.34. The van der Waals surface area contributed by atoms with E-state index in [0.717, 1.165) is 0 Å². The van der Waals surface area contributed by atoms with Crippen molar-refractivity contribution in [2.75, 3.05) is 6.61 Å². The Morgan fingerprint density at radius 2 is 1.85 bits per heavy atom. The fourth-order valence-corrected chi connectivity index (χ4v) is 2.06. The van der Waals surface area contributed by atoms with Gasteiger partial charge in [0.2, 0.25) is 0 Å². The topological polar surface area (TPSA) is 56.5 Å². The Hall–Kier alpha value is -1.31. The van der Waals surface area contributed by atoms with E-state index in [1.807, 2.05) is 0 Å². The lowest BCUT2D eigenvalue weighted by molar-refractivity contribution is -0.275. The fraction of sp³-hybridized carbons (Fsp3) is 0.538. The largest absolute Gasteiger partial charge is 0.573 e. The minimum absolute atomic E-state index is 0.283. The van der Waals surface area contributed by atoms with Crippen molar-refractivity contribution in [3.8, 4) is 5.75 Å². The van der Waals surface area contributed by atoms with Gasteiger partial charge in [-0.1, -0.05) is 18.2 Å². The van der Waals surface area contributed by atoms with Crippen LogP contribution in [0.5, 0.6) is 5.75 Å². The smallest absolute Gasteiger partial charge is 0.405 e. The van der Waals surface area contributed by atoms with Crippen LogP contribution in [-0.2, 0) is 4.74 Å². The summed E-state index contributed by atoms with van der Waals surface area (Å²) in [5.41, 5.74) is 1.98. The number of hydrogen-bond acceptors (Lipinski definition) is 4. The number of halogens is 3. The lowest BCUT2D eigenvalue weighted by Crippen LogP contribution is -2.44. The van der Waals surface area contributed by atoms with Crippen molar-refractivity contribution in [1.82, 2.24) is 5.43 Å². The first-order valence-electron chi connectivity index (χ1n) is 6.16. The van der Waals surface area contributed by atoms with E-state index in [0.29, 0.717) is 6.61 Å². The first kappa shape index (κ1) is 16.7. The van der Waals surface area contributed by atoms with Crippen molar-refractivity contribution in [2.24, 2.45) is 5.84 Å². The third-order valence-electron chi connectivity index (χ3n) is 2.83. The van der Waals surface area contributed by atoms with Crippen LogP contribution < -0.4 is 16.0 Å². The van der Waals surface area contributed by atoms with Gasteiger partial charge in [-0.3, -0.25) is 5.84 Å². The van der Waals surface area contributed by atoms with Gasteiger partial charge in [-0.05, 0) is 26.8 Å². The predicted molar refractivity (Wildman–Crippen MR) is 68.9 cm³/mol. The lowest BCUT2D eigenvalue weighted by atomic mass is 9.91. The molecule has 0 aliphatic heterocycles. The van der Waals surface area contributed by atoms with Gasteiger partial charge in [0, 0.05) is 12.2 Å². The molecule has 0 spiro atoms. The second-order valence-corrected chi connectivity index (χ2v) is 4.72. The summed E-state index contributed by atoms with van der Waals surface area (Å²) in [7, 11) is 0. The Labute approximate surface area is 116 Å². The monoisotopic (exact) mass is 292 g/mol. The van der Waals surface area contributed by atoms with Crippen LogP contribution in [0.4, 0.5) is 13.2 Å². The van der Waals surface area contributed by atoms with E-state index in [1.165, 1.54) is 18.2 Å². The van der Waals surface area contributed by atoms with E-state index in [1.54, 1.807) is 26.8 Å². The van der Waals surface area contributed by atoms with E-state index in [-0.39, 0.29) is 11.3 Å². The maximum Gasteiger partial charge on any atom is 0.573 e. The molecule has 0 aliphatic carbocycles. The van der Waals surface area contributed by atoms with Crippen molar-refractivity contribution < 1.29 is 22.6 Å². The van der Waals surface area contributed by atoms with Crippen molar-refractivity contribution >= 4 is 0 Å². The van der Waals surface area contributed by atoms with Gasteiger partial charge in [-0.25, -0.2) is 5.43 Å². The first-order chi connectivity index (χ1) is 9.21. The summed E-state index contributed by atoms with van der Waals surface area (Å²) >= 11 is 0. The molecule has 1 unspecified atom stereocenters. The van der Waals surface area contributed by atoms with Crippen LogP contribution in [0.15, 0.2) is 24.3 Å². The molecule has 0 bridgehead atoms. The Balaban J connectivity index is 3.16. The number of hydrazine groups is 1. The van der Waals surface area contributed by atoms with E-state index >= 15 is 0 Å². The number of nitrogens with two attached hydrogens (primary N) is 1. The highest BCUT2D eigenvalue weighted by molar-refractivity contribution is 5.37. The maximum atomic E-state index is 12.4. The van der Waals surface area contributed by atoms with Crippen molar-refractivity contribution in [1.29, 1.82) is 0 Å². The van der Waals surface area contributed by atoms with E-state index in [2.05, 4.69) is 10.2 Å². The highest BCUT2D eigenvalue weighted by Gasteiger charge is 2.36. The second kappa shape index (κ2) is 6.43. The van der Waals surface area contributed by atoms with Gasteiger partial charge in [0.1, 0.15) is 5.75 Å². The van der Waals surface area contributed by atoms with Crippen LogP contribution >= 0.6 is 0 Å². The number of benzene rings is 1. The maximum absolute atomic E-state index is 12.4. The van der Waals surface area contributed by atoms with Crippen LogP contribution in [0.3, 0.4) is 0 Å². The molecule has 4 nitrogen and oxygen atoms in total. The summed E-state index contributed by atoms with van der Waals surface area (Å²) in [5.74, 6) is 5.19. The molecule has 3 N–H and O–H groups in total. The zero-order valence-electron chi connectivity index (χ0n) is 11.6. The summed E-state index contributed by atoms with van der Waals surface area (Å²) in [5, 5.41) is 0. The summed E-state index contributed by atoms with van der Waals surface area (Å²) in [6.07, 6.45) is -4.76. The normalized spacial score (nSPS) is 14.2. The average Bonchev–Trinajstić information content (AvgIpc) is 2.29. The molecule has 0 radical (unpaired) electrons. The number of rotatable bonds is 6. The van der Waals surface area contributed by atoms with Crippen molar-refractivity contribution in [3.05, 3.63) is 29.8 Å². The number of hydrogen-bond donors (Lipinski definition) is 2. The minimum atomic E-state index is -4.76. The van der Waals surface area contributed by atoms with Gasteiger partial charge in [0.05, 0.1) is 11.6 Å². The minimum Gasteiger partial charge on any atom is -0.405 e. The molecule has 114 valence electrons. The van der Waals surface area contributed by atoms with Gasteiger partial charge < -0.3 is 9.47 Å². The van der Waals surface area contributed by atoms with Gasteiger partial charge in [-0.15, -0.1) is 13.2 Å². The molecule has 1 atom stereocenters. The van der Waals surface area contributed by atoms with Crippen molar-refractivity contribution in [2.45, 2.75) is 38.8 Å². The van der Waals surface area contributed by atoms with Crippen molar-refractivity contribution in [3.63, 3.8) is 0 Å². The zero-order chi connectivity index (χ0) is 15.4. The van der Waals surface area contributed by atoms with E-state index in [9.17, 15) is 13.2 Å². The molecular weight excluding hydrogens is 273 g/mol. The number of nitrogens with one attached hydrogen (secondary N) is 1. The fourth-order valence-electron chi connectivity index (χ4n) is 2.06. The molecule has 1 aromatic carbocycles. The van der Waals surface area contributed by atoms with Gasteiger partial charge in [0.25, 0.3) is 0 Å². The molecule has 0 heterocycles. The molecule has 1 rings (SSSR count). The molecule has 0 amide bonds. The number of para-hydroxylation sites is 1. The Morgan fingerprint density at radius 1 is 1.25 bits per heavy atom. The molecular formula is C13H19F3N2O2. The summed E-state index contributed by atoms with van der Waals surface area (Å²) in [6.45, 7) is 5.69. The first-order valence-corrected chi connectivity index (χ1v) is 6.16. The predicted octanol–water partition coefficient (Wildman–Crippen LogP) is 2.90. The van der Waals surface area contributed by atoms with Gasteiger partial charge in [-0.2, -0.15) is 0 Å². The van der Waals surface area contributed by atoms with E-state index in [4.69, 9.17) is 10.6 Å². The molecule has 20 heavy (non-hydrogen) atoms. The van der Waals surface area contributed by atoms with Crippen LogP contribution in [0.1, 0.15) is 32.4 Å². The molecule has 7 heteroatoms. The van der Waals surface area contributed by atoms with Crippen LogP contribution in [0.25, 0.3) is 0 Å². The number of ether oxygens (including phenoxy) is 2. The quantitative estimate of drug-likeness (QED) is 0.625. The van der Waals surface area contributed by atoms with Crippen LogP contribution in [0, 0.1) is 0 Å². The van der Waals surface area contributed by atoms with Crippen LogP contribution in [-0.4, -0.2) is 18.6 Å². The molecule has 0 saturated carbocycles.